The fraction of sp³-hybridized carbons (Fsp3) is 0.111. The number of hydrogen-bond acceptors (Lipinski definition) is 3. The van der Waals surface area contributed by atoms with E-state index in [4.69, 9.17) is 4.74 Å². The lowest BCUT2D eigenvalue weighted by Crippen LogP contribution is -2.23. The molecule has 0 saturated heterocycles. The lowest BCUT2D eigenvalue weighted by Gasteiger charge is -2.10. The molecule has 22 heavy (non-hydrogen) atoms. The average molecular weight is 298 g/mol. The molecule has 3 nitrogen and oxygen atoms in total. The minimum absolute atomic E-state index is 0.270. The highest BCUT2D eigenvalue weighted by Gasteiger charge is 2.17. The van der Waals surface area contributed by atoms with E-state index in [1.54, 1.807) is 42.5 Å². The molecule has 2 aromatic rings. The first kappa shape index (κ1) is 15.6. The Morgan fingerprint density at radius 3 is 2.50 bits per heavy atom. The molecule has 0 N–H and O–H groups in total. The summed E-state index contributed by atoms with van der Waals surface area (Å²) in [5, 5.41) is 0. The zero-order valence-electron chi connectivity index (χ0n) is 12.0. The lowest BCUT2D eigenvalue weighted by molar-refractivity contribution is -0.140. The third kappa shape index (κ3) is 4.38. The van der Waals surface area contributed by atoms with E-state index in [1.807, 2.05) is 0 Å². The second-order valence-electron chi connectivity index (χ2n) is 4.70. The molecule has 0 fully saturated rings. The highest BCUT2D eigenvalue weighted by atomic mass is 19.1. The maximum atomic E-state index is 13.0. The van der Waals surface area contributed by atoms with Gasteiger partial charge in [-0.05, 0) is 30.7 Å². The zero-order chi connectivity index (χ0) is 15.9. The first-order chi connectivity index (χ1) is 10.6. The molecule has 0 bridgehead atoms. The number of rotatable bonds is 5. The van der Waals surface area contributed by atoms with Crippen LogP contribution in [0.15, 0.2) is 60.7 Å². The van der Waals surface area contributed by atoms with E-state index in [2.05, 4.69) is 0 Å². The van der Waals surface area contributed by atoms with Crippen LogP contribution in [0.5, 0.6) is 0 Å². The van der Waals surface area contributed by atoms with Crippen LogP contribution in [0.4, 0.5) is 4.39 Å². The number of halogens is 1. The summed E-state index contributed by atoms with van der Waals surface area (Å²) in [6.45, 7) is 1.52. The highest BCUT2D eigenvalue weighted by Crippen LogP contribution is 2.08. The van der Waals surface area contributed by atoms with Crippen molar-refractivity contribution in [2.24, 2.45) is 0 Å². The van der Waals surface area contributed by atoms with Gasteiger partial charge in [-0.1, -0.05) is 42.5 Å². The van der Waals surface area contributed by atoms with Gasteiger partial charge in [0.1, 0.15) is 5.82 Å². The van der Waals surface area contributed by atoms with Crippen molar-refractivity contribution in [3.63, 3.8) is 0 Å². The van der Waals surface area contributed by atoms with E-state index in [9.17, 15) is 14.0 Å². The number of carbonyl (C=O) groups is 2. The Morgan fingerprint density at radius 2 is 1.82 bits per heavy atom. The van der Waals surface area contributed by atoms with Crippen molar-refractivity contribution in [1.82, 2.24) is 0 Å². The first-order valence-electron chi connectivity index (χ1n) is 6.80. The Labute approximate surface area is 128 Å². The van der Waals surface area contributed by atoms with Crippen molar-refractivity contribution in [2.75, 3.05) is 0 Å². The first-order valence-corrected chi connectivity index (χ1v) is 6.80. The molecule has 0 radical (unpaired) electrons. The molecule has 2 rings (SSSR count). The normalized spacial score (nSPS) is 12.1. The summed E-state index contributed by atoms with van der Waals surface area (Å²) in [5.74, 6) is -1.31. The molecule has 0 aliphatic rings. The van der Waals surface area contributed by atoms with Gasteiger partial charge in [-0.25, -0.2) is 9.18 Å². The third-order valence-corrected chi connectivity index (χ3v) is 2.98. The second kappa shape index (κ2) is 7.31. The molecule has 1 unspecified atom stereocenters. The minimum Gasteiger partial charge on any atom is -0.451 e. The number of benzene rings is 2. The van der Waals surface area contributed by atoms with E-state index in [0.717, 1.165) is 0 Å². The lowest BCUT2D eigenvalue weighted by atomic mass is 10.1. The van der Waals surface area contributed by atoms with Gasteiger partial charge in [0.05, 0.1) is 0 Å². The summed E-state index contributed by atoms with van der Waals surface area (Å²) in [6, 6.07) is 14.4. The molecule has 0 heterocycles. The highest BCUT2D eigenvalue weighted by molar-refractivity contribution is 6.00. The average Bonchev–Trinajstić information content (AvgIpc) is 2.53. The van der Waals surface area contributed by atoms with Crippen LogP contribution >= 0.6 is 0 Å². The van der Waals surface area contributed by atoms with E-state index < -0.39 is 12.1 Å². The number of Topliss-reactive ketones (excluding diaryl/α,β-unsaturated/α-hetero) is 1. The molecule has 0 amide bonds. The van der Waals surface area contributed by atoms with Crippen LogP contribution in [0.1, 0.15) is 22.8 Å². The third-order valence-electron chi connectivity index (χ3n) is 2.98. The summed E-state index contributed by atoms with van der Waals surface area (Å²) < 4.78 is 18.1. The largest absolute Gasteiger partial charge is 0.451 e. The van der Waals surface area contributed by atoms with Crippen LogP contribution in [0.2, 0.25) is 0 Å². The number of hydrogen-bond donors (Lipinski definition) is 0. The van der Waals surface area contributed by atoms with E-state index >= 15 is 0 Å². The Bertz CT molecular complexity index is 692. The van der Waals surface area contributed by atoms with Crippen molar-refractivity contribution < 1.29 is 18.7 Å². The van der Waals surface area contributed by atoms with Gasteiger partial charge in [-0.2, -0.15) is 0 Å². The molecule has 0 aliphatic heterocycles. The van der Waals surface area contributed by atoms with Gasteiger partial charge in [0.2, 0.25) is 5.78 Å². The number of carbonyl (C=O) groups excluding carboxylic acids is 2. The smallest absolute Gasteiger partial charge is 0.331 e. The molecule has 0 aromatic heterocycles. The van der Waals surface area contributed by atoms with Gasteiger partial charge in [0, 0.05) is 11.6 Å². The standard InChI is InChI=1S/C18H15FO3/c1-13(18(21)15-7-3-2-4-8-15)22-17(20)11-10-14-6-5-9-16(19)12-14/h2-13H,1H3/b11-10+. The van der Waals surface area contributed by atoms with Crippen LogP contribution in [0.3, 0.4) is 0 Å². The maximum absolute atomic E-state index is 13.0. The van der Waals surface area contributed by atoms with E-state index in [0.29, 0.717) is 11.1 Å². The SMILES string of the molecule is CC(OC(=O)/C=C/c1cccc(F)c1)C(=O)c1ccccc1. The van der Waals surface area contributed by atoms with Crippen LogP contribution in [-0.4, -0.2) is 17.9 Å². The fourth-order valence-corrected chi connectivity index (χ4v) is 1.88. The van der Waals surface area contributed by atoms with Gasteiger partial charge in [0.25, 0.3) is 0 Å². The summed E-state index contributed by atoms with van der Waals surface area (Å²) in [5.41, 5.74) is 1.02. The molecule has 0 saturated carbocycles. The Morgan fingerprint density at radius 1 is 1.09 bits per heavy atom. The molecule has 112 valence electrons. The molecule has 2 aromatic carbocycles. The molecular weight excluding hydrogens is 283 g/mol. The van der Waals surface area contributed by atoms with Crippen molar-refractivity contribution in [2.45, 2.75) is 13.0 Å². The molecule has 0 spiro atoms. The summed E-state index contributed by atoms with van der Waals surface area (Å²) in [4.78, 5) is 23.7. The van der Waals surface area contributed by atoms with Crippen molar-refractivity contribution in [3.8, 4) is 0 Å². The van der Waals surface area contributed by atoms with Gasteiger partial charge in [-0.3, -0.25) is 4.79 Å². The van der Waals surface area contributed by atoms with Gasteiger partial charge >= 0.3 is 5.97 Å². The molecule has 4 heteroatoms. The number of esters is 1. The van der Waals surface area contributed by atoms with Gasteiger partial charge in [0.15, 0.2) is 6.10 Å². The zero-order valence-corrected chi connectivity index (χ0v) is 12.0. The molecule has 1 atom stereocenters. The Balaban J connectivity index is 1.95. The van der Waals surface area contributed by atoms with Gasteiger partial charge in [-0.15, -0.1) is 0 Å². The number of ketones is 1. The maximum Gasteiger partial charge on any atom is 0.331 e. The molecule has 0 aliphatic carbocycles. The van der Waals surface area contributed by atoms with Crippen LogP contribution in [0.25, 0.3) is 6.08 Å². The van der Waals surface area contributed by atoms with Crippen LogP contribution < -0.4 is 0 Å². The molecular formula is C18H15FO3. The summed E-state index contributed by atoms with van der Waals surface area (Å²) in [6.07, 6.45) is 1.72. The van der Waals surface area contributed by atoms with E-state index in [-0.39, 0.29) is 11.6 Å². The van der Waals surface area contributed by atoms with E-state index in [1.165, 1.54) is 31.2 Å². The quantitative estimate of drug-likeness (QED) is 0.481. The van der Waals surface area contributed by atoms with Crippen LogP contribution in [-0.2, 0) is 9.53 Å². The number of ether oxygens (including phenoxy) is 1. The summed E-state index contributed by atoms with van der Waals surface area (Å²) >= 11 is 0. The fourth-order valence-electron chi connectivity index (χ4n) is 1.88. The Kier molecular flexibility index (Phi) is 5.20. The topological polar surface area (TPSA) is 43.4 Å². The summed E-state index contributed by atoms with van der Waals surface area (Å²) in [7, 11) is 0. The van der Waals surface area contributed by atoms with Gasteiger partial charge < -0.3 is 4.74 Å². The Hall–Kier alpha value is -2.75. The second-order valence-corrected chi connectivity index (χ2v) is 4.70. The van der Waals surface area contributed by atoms with Crippen LogP contribution in [0, 0.1) is 5.82 Å². The predicted molar refractivity (Wildman–Crippen MR) is 81.8 cm³/mol. The monoisotopic (exact) mass is 298 g/mol. The van der Waals surface area contributed by atoms with Crippen molar-refractivity contribution >= 4 is 17.8 Å². The van der Waals surface area contributed by atoms with Crippen molar-refractivity contribution in [3.05, 3.63) is 77.6 Å². The predicted octanol–water partition coefficient (Wildman–Crippen LogP) is 3.65. The van der Waals surface area contributed by atoms with Crippen molar-refractivity contribution in [1.29, 1.82) is 0 Å². The minimum atomic E-state index is -0.882.